The first-order valence-electron chi connectivity index (χ1n) is 4.73. The maximum absolute atomic E-state index is 4.43. The van der Waals surface area contributed by atoms with Gasteiger partial charge in [0, 0.05) is 22.7 Å². The first-order chi connectivity index (χ1) is 6.92. The van der Waals surface area contributed by atoms with Gasteiger partial charge in [0.1, 0.15) is 0 Å². The number of nitrogens with zero attached hydrogens (tertiary/aromatic N) is 2. The highest BCUT2D eigenvalue weighted by atomic mass is 32.1. The lowest BCUT2D eigenvalue weighted by atomic mass is 10.2. The van der Waals surface area contributed by atoms with E-state index in [9.17, 15) is 0 Å². The molecular formula is C11H10N2S. The first-order valence-corrected chi connectivity index (χ1v) is 5.57. The lowest BCUT2D eigenvalue weighted by Crippen LogP contribution is -1.92. The van der Waals surface area contributed by atoms with Crippen LogP contribution in [0.4, 0.5) is 0 Å². The fourth-order valence-electron chi connectivity index (χ4n) is 1.98. The Balaban J connectivity index is 2.62. The van der Waals surface area contributed by atoms with Crippen LogP contribution in [-0.4, -0.2) is 8.94 Å². The molecule has 2 nitrogen and oxygen atoms in total. The summed E-state index contributed by atoms with van der Waals surface area (Å²) in [5, 5.41) is 4.73. The van der Waals surface area contributed by atoms with E-state index in [4.69, 9.17) is 0 Å². The molecule has 2 aromatic heterocycles. The van der Waals surface area contributed by atoms with E-state index in [0.717, 1.165) is 12.2 Å². The highest BCUT2D eigenvalue weighted by Gasteiger charge is 2.09. The Morgan fingerprint density at radius 2 is 2.14 bits per heavy atom. The van der Waals surface area contributed by atoms with E-state index in [0.29, 0.717) is 0 Å². The molecule has 0 aliphatic heterocycles. The van der Waals surface area contributed by atoms with Gasteiger partial charge in [-0.05, 0) is 24.5 Å². The maximum Gasteiger partial charge on any atom is 0.154 e. The predicted molar refractivity (Wildman–Crippen MR) is 60.8 cm³/mol. The molecule has 0 unspecified atom stereocenters. The number of aryl methyl sites for hydroxylation is 1. The van der Waals surface area contributed by atoms with Gasteiger partial charge in [-0.1, -0.05) is 18.2 Å². The summed E-state index contributed by atoms with van der Waals surface area (Å²) in [6, 6.07) is 8.49. The van der Waals surface area contributed by atoms with Gasteiger partial charge in [-0.3, -0.25) is 0 Å². The van der Waals surface area contributed by atoms with Gasteiger partial charge in [0.15, 0.2) is 5.65 Å². The molecular weight excluding hydrogens is 192 g/mol. The van der Waals surface area contributed by atoms with Crippen LogP contribution < -0.4 is 0 Å². The van der Waals surface area contributed by atoms with Crippen molar-refractivity contribution in [2.45, 2.75) is 13.5 Å². The molecule has 1 aromatic carbocycles. The number of benzene rings is 1. The standard InChI is InChI=1S/C11H10N2S/c1-2-13-10-6-4-3-5-8(10)9-7-14-12-11(9)13/h3-7H,2H2,1H3. The summed E-state index contributed by atoms with van der Waals surface area (Å²) in [6.07, 6.45) is 0. The Bertz CT molecular complexity index is 591. The van der Waals surface area contributed by atoms with E-state index in [1.807, 2.05) is 0 Å². The Labute approximate surface area is 85.9 Å². The van der Waals surface area contributed by atoms with Crippen LogP contribution in [0.3, 0.4) is 0 Å². The fraction of sp³-hybridized carbons (Fsp3) is 0.182. The summed E-state index contributed by atoms with van der Waals surface area (Å²) in [6.45, 7) is 3.14. The van der Waals surface area contributed by atoms with Gasteiger partial charge in [-0.15, -0.1) is 0 Å². The number of fused-ring (bicyclic) bond motifs is 3. The number of rotatable bonds is 1. The van der Waals surface area contributed by atoms with E-state index in [2.05, 4.69) is 45.5 Å². The third kappa shape index (κ3) is 0.876. The molecule has 0 aliphatic rings. The molecule has 0 radical (unpaired) electrons. The fourth-order valence-corrected chi connectivity index (χ4v) is 2.67. The van der Waals surface area contributed by atoms with Crippen molar-refractivity contribution in [2.24, 2.45) is 0 Å². The van der Waals surface area contributed by atoms with E-state index >= 15 is 0 Å². The molecule has 3 heteroatoms. The zero-order valence-electron chi connectivity index (χ0n) is 7.90. The molecule has 2 heterocycles. The Morgan fingerprint density at radius 3 is 3.00 bits per heavy atom. The summed E-state index contributed by atoms with van der Waals surface area (Å²) in [4.78, 5) is 0. The van der Waals surface area contributed by atoms with Crippen LogP contribution in [-0.2, 0) is 6.54 Å². The van der Waals surface area contributed by atoms with Crippen LogP contribution in [0.5, 0.6) is 0 Å². The monoisotopic (exact) mass is 202 g/mol. The normalized spacial score (nSPS) is 11.5. The van der Waals surface area contributed by atoms with Crippen LogP contribution in [0.1, 0.15) is 6.92 Å². The second-order valence-corrected chi connectivity index (χ2v) is 3.94. The summed E-state index contributed by atoms with van der Waals surface area (Å²) < 4.78 is 6.70. The first kappa shape index (κ1) is 8.00. The minimum Gasteiger partial charge on any atom is -0.325 e. The van der Waals surface area contributed by atoms with E-state index < -0.39 is 0 Å². The summed E-state index contributed by atoms with van der Waals surface area (Å²) in [5.74, 6) is 0. The minimum atomic E-state index is 0.980. The summed E-state index contributed by atoms with van der Waals surface area (Å²) in [7, 11) is 0. The molecule has 0 saturated heterocycles. The van der Waals surface area contributed by atoms with Crippen LogP contribution in [0.25, 0.3) is 21.9 Å². The van der Waals surface area contributed by atoms with Crippen molar-refractivity contribution in [1.29, 1.82) is 0 Å². The van der Waals surface area contributed by atoms with Crippen molar-refractivity contribution in [1.82, 2.24) is 8.94 Å². The molecule has 0 amide bonds. The van der Waals surface area contributed by atoms with E-state index in [1.54, 1.807) is 0 Å². The zero-order valence-corrected chi connectivity index (χ0v) is 8.71. The second kappa shape index (κ2) is 2.82. The molecule has 0 fully saturated rings. The van der Waals surface area contributed by atoms with Gasteiger partial charge in [-0.25, -0.2) is 0 Å². The van der Waals surface area contributed by atoms with Gasteiger partial charge in [0.05, 0.1) is 5.52 Å². The Hall–Kier alpha value is -1.35. The van der Waals surface area contributed by atoms with Gasteiger partial charge < -0.3 is 4.57 Å². The molecule has 70 valence electrons. The third-order valence-electron chi connectivity index (χ3n) is 2.61. The van der Waals surface area contributed by atoms with Gasteiger partial charge in [0.25, 0.3) is 0 Å². The molecule has 0 atom stereocenters. The van der Waals surface area contributed by atoms with E-state index in [1.165, 1.54) is 27.8 Å². The van der Waals surface area contributed by atoms with Crippen molar-refractivity contribution in [3.8, 4) is 0 Å². The Morgan fingerprint density at radius 1 is 1.29 bits per heavy atom. The topological polar surface area (TPSA) is 17.8 Å². The largest absolute Gasteiger partial charge is 0.325 e. The number of aromatic nitrogens is 2. The highest BCUT2D eigenvalue weighted by Crippen LogP contribution is 2.28. The molecule has 0 saturated carbocycles. The van der Waals surface area contributed by atoms with Crippen LogP contribution in [0, 0.1) is 0 Å². The highest BCUT2D eigenvalue weighted by molar-refractivity contribution is 7.04. The summed E-state index contributed by atoms with van der Waals surface area (Å²) >= 11 is 1.53. The lowest BCUT2D eigenvalue weighted by molar-refractivity contribution is 0.820. The molecule has 0 bridgehead atoms. The Kier molecular flexibility index (Phi) is 1.61. The molecule has 0 aliphatic carbocycles. The predicted octanol–water partition coefficient (Wildman–Crippen LogP) is 3.27. The smallest absolute Gasteiger partial charge is 0.154 e. The average Bonchev–Trinajstić information content (AvgIpc) is 2.77. The van der Waals surface area contributed by atoms with Crippen LogP contribution in [0.15, 0.2) is 29.6 Å². The van der Waals surface area contributed by atoms with Gasteiger partial charge >= 0.3 is 0 Å². The number of hydrogen-bond donors (Lipinski definition) is 0. The average molecular weight is 202 g/mol. The molecule has 0 spiro atoms. The van der Waals surface area contributed by atoms with Crippen molar-refractivity contribution in [3.63, 3.8) is 0 Å². The molecule has 14 heavy (non-hydrogen) atoms. The zero-order chi connectivity index (χ0) is 9.54. The lowest BCUT2D eigenvalue weighted by Gasteiger charge is -1.99. The third-order valence-corrected chi connectivity index (χ3v) is 3.23. The summed E-state index contributed by atoms with van der Waals surface area (Å²) in [5.41, 5.74) is 2.42. The second-order valence-electron chi connectivity index (χ2n) is 3.31. The number of para-hydroxylation sites is 1. The van der Waals surface area contributed by atoms with Crippen molar-refractivity contribution < 1.29 is 0 Å². The molecule has 3 aromatic rings. The van der Waals surface area contributed by atoms with Gasteiger partial charge in [0.2, 0.25) is 0 Å². The van der Waals surface area contributed by atoms with Crippen LogP contribution >= 0.6 is 11.5 Å². The van der Waals surface area contributed by atoms with Crippen LogP contribution in [0.2, 0.25) is 0 Å². The van der Waals surface area contributed by atoms with E-state index in [-0.39, 0.29) is 0 Å². The quantitative estimate of drug-likeness (QED) is 0.592. The molecule has 0 N–H and O–H groups in total. The minimum absolute atomic E-state index is 0.980. The van der Waals surface area contributed by atoms with Gasteiger partial charge in [-0.2, -0.15) is 4.37 Å². The van der Waals surface area contributed by atoms with Crippen molar-refractivity contribution in [3.05, 3.63) is 29.6 Å². The van der Waals surface area contributed by atoms with Crippen molar-refractivity contribution in [2.75, 3.05) is 0 Å². The molecule has 3 rings (SSSR count). The SMILES string of the molecule is CCn1c2ccccc2c2csnc21. The number of hydrogen-bond acceptors (Lipinski definition) is 2. The van der Waals surface area contributed by atoms with Crippen molar-refractivity contribution >= 4 is 33.5 Å². The maximum atomic E-state index is 4.43.